The van der Waals surface area contributed by atoms with Gasteiger partial charge in [0.25, 0.3) is 0 Å². The normalized spacial score (nSPS) is 17.3. The molecule has 1 atom stereocenters. The van der Waals surface area contributed by atoms with Crippen molar-refractivity contribution < 1.29 is 28.2 Å². The first-order valence-electron chi connectivity index (χ1n) is 8.18. The molecule has 1 amide bonds. The van der Waals surface area contributed by atoms with Gasteiger partial charge in [0, 0.05) is 19.0 Å². The van der Waals surface area contributed by atoms with Crippen LogP contribution in [0, 0.1) is 5.82 Å². The van der Waals surface area contributed by atoms with Crippen molar-refractivity contribution >= 4 is 12.1 Å². The van der Waals surface area contributed by atoms with Gasteiger partial charge < -0.3 is 19.1 Å². The van der Waals surface area contributed by atoms with Gasteiger partial charge in [-0.05, 0) is 32.4 Å². The first-order chi connectivity index (χ1) is 11.7. The standard InChI is InChI=1S/C18H24FNO5/c1-18(2,3)25-17(22)20-8-7-14(11-20)24-13-6-5-12(15(19)10-13)9-16(21)23-4/h5-6,10,14H,7-9,11H2,1-4H3/t14-/m0/s1. The Labute approximate surface area is 146 Å². The van der Waals surface area contributed by atoms with Crippen LogP contribution >= 0.6 is 0 Å². The fourth-order valence-corrected chi connectivity index (χ4v) is 2.48. The number of methoxy groups -OCH3 is 1. The van der Waals surface area contributed by atoms with Gasteiger partial charge in [-0.3, -0.25) is 4.79 Å². The van der Waals surface area contributed by atoms with Gasteiger partial charge in [-0.2, -0.15) is 0 Å². The molecular formula is C18H24FNO5. The number of esters is 1. The van der Waals surface area contributed by atoms with E-state index in [2.05, 4.69) is 4.74 Å². The summed E-state index contributed by atoms with van der Waals surface area (Å²) in [4.78, 5) is 24.8. The van der Waals surface area contributed by atoms with E-state index < -0.39 is 17.4 Å². The summed E-state index contributed by atoms with van der Waals surface area (Å²) in [6, 6.07) is 4.36. The van der Waals surface area contributed by atoms with Crippen LogP contribution in [-0.4, -0.2) is 48.9 Å². The molecule has 1 saturated heterocycles. The summed E-state index contributed by atoms with van der Waals surface area (Å²) in [6.07, 6.45) is -0.0833. The summed E-state index contributed by atoms with van der Waals surface area (Å²) >= 11 is 0. The summed E-state index contributed by atoms with van der Waals surface area (Å²) in [7, 11) is 1.26. The van der Waals surface area contributed by atoms with E-state index in [9.17, 15) is 14.0 Å². The Balaban J connectivity index is 1.92. The average molecular weight is 353 g/mol. The molecule has 0 N–H and O–H groups in total. The number of rotatable bonds is 4. The molecule has 1 aromatic rings. The number of amides is 1. The van der Waals surface area contributed by atoms with Crippen molar-refractivity contribution in [2.75, 3.05) is 20.2 Å². The lowest BCUT2D eigenvalue weighted by Crippen LogP contribution is -2.36. The fourth-order valence-electron chi connectivity index (χ4n) is 2.48. The van der Waals surface area contributed by atoms with E-state index in [0.29, 0.717) is 25.3 Å². The van der Waals surface area contributed by atoms with Crippen molar-refractivity contribution in [3.05, 3.63) is 29.6 Å². The topological polar surface area (TPSA) is 65.1 Å². The molecule has 1 fully saturated rings. The van der Waals surface area contributed by atoms with E-state index in [1.807, 2.05) is 20.8 Å². The van der Waals surface area contributed by atoms with Crippen molar-refractivity contribution in [3.63, 3.8) is 0 Å². The summed E-state index contributed by atoms with van der Waals surface area (Å²) in [5.41, 5.74) is -0.296. The third-order valence-electron chi connectivity index (χ3n) is 3.69. The highest BCUT2D eigenvalue weighted by molar-refractivity contribution is 5.72. The second-order valence-electron chi connectivity index (χ2n) is 6.96. The molecule has 1 aliphatic rings. The molecule has 0 aliphatic carbocycles. The Bertz CT molecular complexity index is 641. The van der Waals surface area contributed by atoms with Gasteiger partial charge in [0.05, 0.1) is 20.1 Å². The predicted molar refractivity (Wildman–Crippen MR) is 89.0 cm³/mol. The number of halogens is 1. The van der Waals surface area contributed by atoms with Crippen LogP contribution in [0.4, 0.5) is 9.18 Å². The van der Waals surface area contributed by atoms with Crippen molar-refractivity contribution in [2.24, 2.45) is 0 Å². The Morgan fingerprint density at radius 1 is 1.32 bits per heavy atom. The number of hydrogen-bond donors (Lipinski definition) is 0. The number of ether oxygens (including phenoxy) is 3. The molecule has 0 unspecified atom stereocenters. The van der Waals surface area contributed by atoms with E-state index in [4.69, 9.17) is 9.47 Å². The molecule has 25 heavy (non-hydrogen) atoms. The van der Waals surface area contributed by atoms with Crippen molar-refractivity contribution in [2.45, 2.75) is 45.3 Å². The molecule has 138 valence electrons. The zero-order valence-electron chi connectivity index (χ0n) is 15.0. The molecule has 0 aromatic heterocycles. The SMILES string of the molecule is COC(=O)Cc1ccc(O[C@H]2CCN(C(=O)OC(C)(C)C)C2)cc1F. The van der Waals surface area contributed by atoms with Crippen LogP contribution in [0.25, 0.3) is 0 Å². The van der Waals surface area contributed by atoms with Crippen LogP contribution < -0.4 is 4.74 Å². The number of carbonyl (C=O) groups excluding carboxylic acids is 2. The summed E-state index contributed by atoms with van der Waals surface area (Å²) < 4.78 is 29.6. The molecule has 0 spiro atoms. The average Bonchev–Trinajstić information content (AvgIpc) is 2.97. The van der Waals surface area contributed by atoms with E-state index in [0.717, 1.165) is 0 Å². The summed E-state index contributed by atoms with van der Waals surface area (Å²) in [6.45, 7) is 6.36. The van der Waals surface area contributed by atoms with Gasteiger partial charge in [-0.25, -0.2) is 9.18 Å². The maximum Gasteiger partial charge on any atom is 0.410 e. The molecule has 0 bridgehead atoms. The molecular weight excluding hydrogens is 329 g/mol. The smallest absolute Gasteiger partial charge is 0.410 e. The van der Waals surface area contributed by atoms with Gasteiger partial charge in [0.1, 0.15) is 23.3 Å². The van der Waals surface area contributed by atoms with Crippen molar-refractivity contribution in [3.8, 4) is 5.75 Å². The highest BCUT2D eigenvalue weighted by Gasteiger charge is 2.31. The summed E-state index contributed by atoms with van der Waals surface area (Å²) in [5.74, 6) is -0.664. The number of hydrogen-bond acceptors (Lipinski definition) is 5. The molecule has 2 rings (SSSR count). The Hall–Kier alpha value is -2.31. The molecule has 6 nitrogen and oxygen atoms in total. The number of carbonyl (C=O) groups is 2. The van der Waals surface area contributed by atoms with Crippen LogP contribution in [0.3, 0.4) is 0 Å². The lowest BCUT2D eigenvalue weighted by atomic mass is 10.1. The first kappa shape index (κ1) is 19.0. The molecule has 1 aliphatic heterocycles. The van der Waals surface area contributed by atoms with Gasteiger partial charge in [0.2, 0.25) is 0 Å². The van der Waals surface area contributed by atoms with Crippen LogP contribution in [-0.2, 0) is 20.7 Å². The van der Waals surface area contributed by atoms with Crippen molar-refractivity contribution in [1.82, 2.24) is 4.90 Å². The molecule has 0 radical (unpaired) electrons. The van der Waals surface area contributed by atoms with Crippen LogP contribution in [0.2, 0.25) is 0 Å². The lowest BCUT2D eigenvalue weighted by Gasteiger charge is -2.24. The van der Waals surface area contributed by atoms with Gasteiger partial charge >= 0.3 is 12.1 Å². The Morgan fingerprint density at radius 3 is 2.64 bits per heavy atom. The van der Waals surface area contributed by atoms with E-state index in [1.165, 1.54) is 19.2 Å². The Kier molecular flexibility index (Phi) is 5.87. The van der Waals surface area contributed by atoms with E-state index >= 15 is 0 Å². The van der Waals surface area contributed by atoms with Gasteiger partial charge in [-0.15, -0.1) is 0 Å². The number of nitrogens with zero attached hydrogens (tertiary/aromatic N) is 1. The Morgan fingerprint density at radius 2 is 2.04 bits per heavy atom. The minimum atomic E-state index is -0.547. The molecule has 0 saturated carbocycles. The molecule has 1 aromatic carbocycles. The second kappa shape index (κ2) is 7.72. The second-order valence-corrected chi connectivity index (χ2v) is 6.96. The predicted octanol–water partition coefficient (Wildman–Crippen LogP) is 2.93. The largest absolute Gasteiger partial charge is 0.488 e. The monoisotopic (exact) mass is 353 g/mol. The zero-order valence-corrected chi connectivity index (χ0v) is 15.0. The first-order valence-corrected chi connectivity index (χ1v) is 8.18. The summed E-state index contributed by atoms with van der Waals surface area (Å²) in [5, 5.41) is 0. The highest BCUT2D eigenvalue weighted by Crippen LogP contribution is 2.23. The maximum absolute atomic E-state index is 14.0. The van der Waals surface area contributed by atoms with Crippen LogP contribution in [0.15, 0.2) is 18.2 Å². The van der Waals surface area contributed by atoms with Gasteiger partial charge in [-0.1, -0.05) is 6.07 Å². The van der Waals surface area contributed by atoms with Crippen LogP contribution in [0.1, 0.15) is 32.8 Å². The van der Waals surface area contributed by atoms with Crippen LogP contribution in [0.5, 0.6) is 5.75 Å². The highest BCUT2D eigenvalue weighted by atomic mass is 19.1. The van der Waals surface area contributed by atoms with Crippen molar-refractivity contribution in [1.29, 1.82) is 0 Å². The van der Waals surface area contributed by atoms with Gasteiger partial charge in [0.15, 0.2) is 0 Å². The zero-order chi connectivity index (χ0) is 18.6. The fraction of sp³-hybridized carbons (Fsp3) is 0.556. The minimum Gasteiger partial charge on any atom is -0.488 e. The molecule has 7 heteroatoms. The third-order valence-corrected chi connectivity index (χ3v) is 3.69. The number of likely N-dealkylation sites (tertiary alicyclic amines) is 1. The minimum absolute atomic E-state index is 0.127. The number of benzene rings is 1. The lowest BCUT2D eigenvalue weighted by molar-refractivity contribution is -0.139. The maximum atomic E-state index is 14.0. The quantitative estimate of drug-likeness (QED) is 0.779. The van der Waals surface area contributed by atoms with E-state index in [-0.39, 0.29) is 24.2 Å². The molecule has 1 heterocycles. The van der Waals surface area contributed by atoms with E-state index in [1.54, 1.807) is 11.0 Å². The third kappa shape index (κ3) is 5.62.